The SMILES string of the molecule is CCOC(=O)C1(C(O)c2cccs2)CCC1. The lowest BCUT2D eigenvalue weighted by Gasteiger charge is -2.42. The van der Waals surface area contributed by atoms with Crippen LogP contribution in [0.25, 0.3) is 0 Å². The average Bonchev–Trinajstić information content (AvgIpc) is 2.68. The Bertz CT molecular complexity index is 354. The predicted molar refractivity (Wildman–Crippen MR) is 62.2 cm³/mol. The number of ether oxygens (including phenoxy) is 1. The molecule has 1 aromatic rings. The van der Waals surface area contributed by atoms with E-state index in [1.54, 1.807) is 6.92 Å². The fourth-order valence-electron chi connectivity index (χ4n) is 2.14. The maximum absolute atomic E-state index is 11.9. The van der Waals surface area contributed by atoms with Crippen LogP contribution in [0.5, 0.6) is 0 Å². The summed E-state index contributed by atoms with van der Waals surface area (Å²) in [5.74, 6) is -0.248. The maximum Gasteiger partial charge on any atom is 0.315 e. The summed E-state index contributed by atoms with van der Waals surface area (Å²) in [5, 5.41) is 12.2. The highest BCUT2D eigenvalue weighted by molar-refractivity contribution is 7.10. The van der Waals surface area contributed by atoms with Crippen molar-refractivity contribution in [3.63, 3.8) is 0 Å². The lowest BCUT2D eigenvalue weighted by molar-refractivity contribution is -0.172. The number of rotatable bonds is 4. The highest BCUT2D eigenvalue weighted by Gasteiger charge is 2.52. The predicted octanol–water partition coefficient (Wildman–Crippen LogP) is 2.51. The zero-order chi connectivity index (χ0) is 11.6. The van der Waals surface area contributed by atoms with E-state index in [-0.39, 0.29) is 5.97 Å². The molecule has 3 nitrogen and oxygen atoms in total. The molecule has 16 heavy (non-hydrogen) atoms. The number of carbonyl (C=O) groups excluding carboxylic acids is 1. The van der Waals surface area contributed by atoms with E-state index in [4.69, 9.17) is 4.74 Å². The molecule has 0 spiro atoms. The van der Waals surface area contributed by atoms with Gasteiger partial charge in [0.25, 0.3) is 0 Å². The fourth-order valence-corrected chi connectivity index (χ4v) is 2.97. The van der Waals surface area contributed by atoms with Gasteiger partial charge in [0.05, 0.1) is 12.0 Å². The first-order valence-corrected chi connectivity index (χ1v) is 6.47. The molecule has 4 heteroatoms. The minimum absolute atomic E-state index is 0.248. The molecule has 0 bridgehead atoms. The monoisotopic (exact) mass is 240 g/mol. The first kappa shape index (κ1) is 11.6. The van der Waals surface area contributed by atoms with E-state index in [0.717, 1.165) is 24.1 Å². The molecule has 1 atom stereocenters. The van der Waals surface area contributed by atoms with Crippen LogP contribution in [0.1, 0.15) is 37.2 Å². The van der Waals surface area contributed by atoms with Crippen molar-refractivity contribution in [2.24, 2.45) is 5.41 Å². The van der Waals surface area contributed by atoms with Gasteiger partial charge in [-0.05, 0) is 31.2 Å². The van der Waals surface area contributed by atoms with Gasteiger partial charge in [-0.1, -0.05) is 12.5 Å². The van der Waals surface area contributed by atoms with Gasteiger partial charge in [0.15, 0.2) is 0 Å². The highest BCUT2D eigenvalue weighted by atomic mass is 32.1. The Balaban J connectivity index is 2.18. The Morgan fingerprint density at radius 3 is 2.88 bits per heavy atom. The third kappa shape index (κ3) is 1.76. The molecule has 88 valence electrons. The second-order valence-electron chi connectivity index (χ2n) is 4.15. The molecular formula is C12H16O3S. The Morgan fingerprint density at radius 1 is 1.69 bits per heavy atom. The molecule has 1 aliphatic carbocycles. The number of thiophene rings is 1. The minimum atomic E-state index is -0.708. The number of aliphatic hydroxyl groups is 1. The van der Waals surface area contributed by atoms with Crippen molar-refractivity contribution >= 4 is 17.3 Å². The Morgan fingerprint density at radius 2 is 2.44 bits per heavy atom. The van der Waals surface area contributed by atoms with Gasteiger partial charge in [0, 0.05) is 4.88 Å². The Hall–Kier alpha value is -0.870. The largest absolute Gasteiger partial charge is 0.465 e. The van der Waals surface area contributed by atoms with E-state index in [2.05, 4.69) is 0 Å². The smallest absolute Gasteiger partial charge is 0.315 e. The van der Waals surface area contributed by atoms with Crippen LogP contribution in [0.3, 0.4) is 0 Å². The standard InChI is InChI=1S/C12H16O3S/c1-2-15-11(14)12(6-4-7-12)10(13)9-5-3-8-16-9/h3,5,8,10,13H,2,4,6-7H2,1H3. The molecule has 0 radical (unpaired) electrons. The first-order chi connectivity index (χ1) is 7.70. The summed E-state index contributed by atoms with van der Waals surface area (Å²) in [6.45, 7) is 2.17. The number of carbonyl (C=O) groups is 1. The molecule has 0 saturated heterocycles. The van der Waals surface area contributed by atoms with E-state index in [9.17, 15) is 9.90 Å². The van der Waals surface area contributed by atoms with E-state index in [1.807, 2.05) is 17.5 Å². The van der Waals surface area contributed by atoms with Crippen molar-refractivity contribution in [2.45, 2.75) is 32.3 Å². The summed E-state index contributed by atoms with van der Waals surface area (Å²) in [6.07, 6.45) is 1.73. The third-order valence-corrected chi connectivity index (χ3v) is 4.19. The van der Waals surface area contributed by atoms with E-state index >= 15 is 0 Å². The summed E-state index contributed by atoms with van der Waals surface area (Å²) < 4.78 is 5.07. The number of hydrogen-bond donors (Lipinski definition) is 1. The lowest BCUT2D eigenvalue weighted by atomic mass is 9.64. The lowest BCUT2D eigenvalue weighted by Crippen LogP contribution is -2.44. The molecule has 1 heterocycles. The normalized spacial score (nSPS) is 19.9. The fraction of sp³-hybridized carbons (Fsp3) is 0.583. The van der Waals surface area contributed by atoms with Crippen LogP contribution < -0.4 is 0 Å². The maximum atomic E-state index is 11.9. The topological polar surface area (TPSA) is 46.5 Å². The zero-order valence-electron chi connectivity index (χ0n) is 9.31. The van der Waals surface area contributed by atoms with Gasteiger partial charge in [-0.2, -0.15) is 0 Å². The third-order valence-electron chi connectivity index (χ3n) is 3.26. The Kier molecular flexibility index (Phi) is 3.30. The van der Waals surface area contributed by atoms with Crippen LogP contribution >= 0.6 is 11.3 Å². The van der Waals surface area contributed by atoms with Gasteiger partial charge in [-0.15, -0.1) is 11.3 Å². The summed E-state index contributed by atoms with van der Waals surface area (Å²) >= 11 is 1.48. The molecule has 1 aliphatic rings. The van der Waals surface area contributed by atoms with Crippen molar-refractivity contribution in [3.05, 3.63) is 22.4 Å². The van der Waals surface area contributed by atoms with E-state index < -0.39 is 11.5 Å². The van der Waals surface area contributed by atoms with Crippen LogP contribution in [0, 0.1) is 5.41 Å². The molecule has 1 N–H and O–H groups in total. The molecule has 1 fully saturated rings. The van der Waals surface area contributed by atoms with Crippen molar-refractivity contribution in [1.82, 2.24) is 0 Å². The number of aliphatic hydroxyl groups excluding tert-OH is 1. The second kappa shape index (κ2) is 4.55. The minimum Gasteiger partial charge on any atom is -0.465 e. The van der Waals surface area contributed by atoms with Crippen molar-refractivity contribution < 1.29 is 14.6 Å². The van der Waals surface area contributed by atoms with Gasteiger partial charge in [-0.25, -0.2) is 0 Å². The molecule has 2 rings (SSSR count). The van der Waals surface area contributed by atoms with Crippen LogP contribution in [0.15, 0.2) is 17.5 Å². The van der Waals surface area contributed by atoms with Crippen LogP contribution in [-0.2, 0) is 9.53 Å². The number of hydrogen-bond acceptors (Lipinski definition) is 4. The van der Waals surface area contributed by atoms with Crippen LogP contribution in [-0.4, -0.2) is 17.7 Å². The van der Waals surface area contributed by atoms with Crippen molar-refractivity contribution in [2.75, 3.05) is 6.61 Å². The van der Waals surface area contributed by atoms with Gasteiger partial charge in [0.1, 0.15) is 6.10 Å². The van der Waals surface area contributed by atoms with Gasteiger partial charge >= 0.3 is 5.97 Å². The summed E-state index contributed by atoms with van der Waals surface area (Å²) in [4.78, 5) is 12.8. The van der Waals surface area contributed by atoms with Crippen molar-refractivity contribution in [3.8, 4) is 0 Å². The summed E-state index contributed by atoms with van der Waals surface area (Å²) in [7, 11) is 0. The van der Waals surface area contributed by atoms with Crippen LogP contribution in [0.2, 0.25) is 0 Å². The van der Waals surface area contributed by atoms with E-state index in [1.165, 1.54) is 11.3 Å². The molecular weight excluding hydrogens is 224 g/mol. The molecule has 1 saturated carbocycles. The molecule has 0 aromatic carbocycles. The zero-order valence-corrected chi connectivity index (χ0v) is 10.1. The van der Waals surface area contributed by atoms with Crippen LogP contribution in [0.4, 0.5) is 0 Å². The average molecular weight is 240 g/mol. The Labute approximate surface area is 99.1 Å². The highest BCUT2D eigenvalue weighted by Crippen LogP contribution is 2.51. The molecule has 1 unspecified atom stereocenters. The first-order valence-electron chi connectivity index (χ1n) is 5.59. The molecule has 1 aromatic heterocycles. The summed E-state index contributed by atoms with van der Waals surface area (Å²) in [5.41, 5.74) is -0.680. The summed E-state index contributed by atoms with van der Waals surface area (Å²) in [6, 6.07) is 3.76. The van der Waals surface area contributed by atoms with Gasteiger partial charge in [0.2, 0.25) is 0 Å². The number of esters is 1. The van der Waals surface area contributed by atoms with Gasteiger partial charge in [-0.3, -0.25) is 4.79 Å². The molecule has 0 aliphatic heterocycles. The quantitative estimate of drug-likeness (QED) is 0.823. The van der Waals surface area contributed by atoms with Gasteiger partial charge < -0.3 is 9.84 Å². The molecule has 0 amide bonds. The second-order valence-corrected chi connectivity index (χ2v) is 5.13. The van der Waals surface area contributed by atoms with E-state index in [0.29, 0.717) is 6.61 Å². The van der Waals surface area contributed by atoms with Crippen molar-refractivity contribution in [1.29, 1.82) is 0 Å².